The molecule has 1 aliphatic heterocycles. The number of imide groups is 1. The van der Waals surface area contributed by atoms with Crippen molar-refractivity contribution in [3.63, 3.8) is 0 Å². The molecule has 0 radical (unpaired) electrons. The van der Waals surface area contributed by atoms with E-state index in [1.165, 1.54) is 6.20 Å². The van der Waals surface area contributed by atoms with Crippen LogP contribution in [0, 0.1) is 0 Å². The SMILES string of the molecule is O=C1NC2(CC(c3ccccc3Cl)C2)C(=O)N1c1cncc(C(F)F)c1. The van der Waals surface area contributed by atoms with E-state index in [0.29, 0.717) is 17.9 Å². The lowest BCUT2D eigenvalue weighted by Crippen LogP contribution is -2.56. The molecule has 0 unspecified atom stereocenters. The molecule has 26 heavy (non-hydrogen) atoms. The molecule has 3 amide bonds. The molecule has 1 saturated carbocycles. The van der Waals surface area contributed by atoms with Crippen molar-refractivity contribution in [3.05, 3.63) is 58.9 Å². The molecule has 0 atom stereocenters. The summed E-state index contributed by atoms with van der Waals surface area (Å²) in [6.45, 7) is 0. The van der Waals surface area contributed by atoms with Gasteiger partial charge in [-0.1, -0.05) is 29.8 Å². The number of nitrogens with zero attached hydrogens (tertiary/aromatic N) is 2. The molecule has 0 bridgehead atoms. The van der Waals surface area contributed by atoms with Crippen LogP contribution >= 0.6 is 11.6 Å². The van der Waals surface area contributed by atoms with Crippen molar-refractivity contribution in [2.45, 2.75) is 30.7 Å². The van der Waals surface area contributed by atoms with Crippen LogP contribution in [-0.2, 0) is 4.79 Å². The molecule has 134 valence electrons. The van der Waals surface area contributed by atoms with Gasteiger partial charge in [-0.3, -0.25) is 9.78 Å². The highest BCUT2D eigenvalue weighted by Gasteiger charge is 2.59. The van der Waals surface area contributed by atoms with E-state index < -0.39 is 23.9 Å². The average Bonchev–Trinajstić information content (AvgIpc) is 2.85. The normalized spacial score (nSPS) is 24.9. The highest BCUT2D eigenvalue weighted by Crippen LogP contribution is 2.49. The Bertz CT molecular complexity index is 900. The summed E-state index contributed by atoms with van der Waals surface area (Å²) in [6.07, 6.45) is 0.344. The number of carbonyl (C=O) groups excluding carboxylic acids is 2. The number of hydrogen-bond acceptors (Lipinski definition) is 3. The average molecular weight is 378 g/mol. The van der Waals surface area contributed by atoms with E-state index in [1.807, 2.05) is 18.2 Å². The van der Waals surface area contributed by atoms with Gasteiger partial charge in [0, 0.05) is 16.8 Å². The minimum atomic E-state index is -2.73. The van der Waals surface area contributed by atoms with Crippen LogP contribution in [0.3, 0.4) is 0 Å². The van der Waals surface area contributed by atoms with Crippen LogP contribution in [0.4, 0.5) is 19.3 Å². The molecule has 2 fully saturated rings. The molecule has 4 rings (SSSR count). The summed E-state index contributed by atoms with van der Waals surface area (Å²) < 4.78 is 25.8. The fourth-order valence-corrected chi connectivity index (χ4v) is 3.92. The minimum absolute atomic E-state index is 0.0448. The Morgan fingerprint density at radius 2 is 1.96 bits per heavy atom. The number of anilines is 1. The van der Waals surface area contributed by atoms with Gasteiger partial charge in [-0.05, 0) is 36.5 Å². The fourth-order valence-electron chi connectivity index (χ4n) is 3.63. The van der Waals surface area contributed by atoms with Gasteiger partial charge in [0.2, 0.25) is 0 Å². The number of rotatable bonds is 3. The van der Waals surface area contributed by atoms with Crippen molar-refractivity contribution in [1.29, 1.82) is 0 Å². The summed E-state index contributed by atoms with van der Waals surface area (Å²) >= 11 is 6.20. The molecule has 5 nitrogen and oxygen atoms in total. The van der Waals surface area contributed by atoms with E-state index in [-0.39, 0.29) is 17.2 Å². The van der Waals surface area contributed by atoms with Crippen LogP contribution in [0.5, 0.6) is 0 Å². The van der Waals surface area contributed by atoms with E-state index in [0.717, 1.165) is 22.7 Å². The van der Waals surface area contributed by atoms with Crippen LogP contribution in [0.2, 0.25) is 5.02 Å². The molecular formula is C18H14ClF2N3O2. The third-order valence-corrected chi connectivity index (χ3v) is 5.30. The molecule has 1 aromatic carbocycles. The lowest BCUT2D eigenvalue weighted by molar-refractivity contribution is -0.125. The van der Waals surface area contributed by atoms with E-state index in [9.17, 15) is 18.4 Å². The second-order valence-electron chi connectivity index (χ2n) is 6.56. The smallest absolute Gasteiger partial charge is 0.323 e. The molecule has 2 heterocycles. The van der Waals surface area contributed by atoms with Crippen molar-refractivity contribution < 1.29 is 18.4 Å². The van der Waals surface area contributed by atoms with Gasteiger partial charge in [-0.15, -0.1) is 0 Å². The number of aromatic nitrogens is 1. The topological polar surface area (TPSA) is 62.3 Å². The van der Waals surface area contributed by atoms with Crippen LogP contribution in [0.1, 0.15) is 36.3 Å². The summed E-state index contributed by atoms with van der Waals surface area (Å²) in [5.41, 5.74) is -0.376. The van der Waals surface area contributed by atoms with E-state index in [2.05, 4.69) is 10.3 Å². The number of hydrogen-bond donors (Lipinski definition) is 1. The molecule has 2 aromatic rings. The first-order valence-electron chi connectivity index (χ1n) is 8.05. The van der Waals surface area contributed by atoms with Gasteiger partial charge in [0.1, 0.15) is 5.54 Å². The highest BCUT2D eigenvalue weighted by molar-refractivity contribution is 6.31. The lowest BCUT2D eigenvalue weighted by Gasteiger charge is -2.43. The second kappa shape index (κ2) is 6.02. The molecule has 2 aliphatic rings. The fraction of sp³-hybridized carbons (Fsp3) is 0.278. The first-order valence-corrected chi connectivity index (χ1v) is 8.43. The van der Waals surface area contributed by atoms with Gasteiger partial charge in [-0.25, -0.2) is 18.5 Å². The van der Waals surface area contributed by atoms with E-state index >= 15 is 0 Å². The Kier molecular flexibility index (Phi) is 3.91. The van der Waals surface area contributed by atoms with Crippen LogP contribution in [0.15, 0.2) is 42.7 Å². The van der Waals surface area contributed by atoms with Gasteiger partial charge in [0.25, 0.3) is 12.3 Å². The number of nitrogens with one attached hydrogen (secondary N) is 1. The largest absolute Gasteiger partial charge is 0.329 e. The van der Waals surface area contributed by atoms with Gasteiger partial charge in [0.05, 0.1) is 11.9 Å². The second-order valence-corrected chi connectivity index (χ2v) is 6.96. The lowest BCUT2D eigenvalue weighted by atomic mass is 9.65. The summed E-state index contributed by atoms with van der Waals surface area (Å²) in [5.74, 6) is -0.391. The maximum atomic E-state index is 12.9. The number of urea groups is 1. The maximum Gasteiger partial charge on any atom is 0.329 e. The van der Waals surface area contributed by atoms with E-state index in [1.54, 1.807) is 6.07 Å². The van der Waals surface area contributed by atoms with Crippen molar-refractivity contribution in [2.24, 2.45) is 0 Å². The first kappa shape index (κ1) is 16.9. The number of pyridine rings is 1. The van der Waals surface area contributed by atoms with Crippen molar-refractivity contribution >= 4 is 29.2 Å². The maximum absolute atomic E-state index is 12.9. The van der Waals surface area contributed by atoms with Crippen LogP contribution < -0.4 is 10.2 Å². The third kappa shape index (κ3) is 2.54. The number of carbonyl (C=O) groups is 2. The number of benzene rings is 1. The molecule has 1 spiro atoms. The van der Waals surface area contributed by atoms with Gasteiger partial charge in [0.15, 0.2) is 0 Å². The monoisotopic (exact) mass is 377 g/mol. The van der Waals surface area contributed by atoms with Crippen molar-refractivity contribution in [2.75, 3.05) is 4.90 Å². The van der Waals surface area contributed by atoms with Crippen LogP contribution in [0.25, 0.3) is 0 Å². The summed E-state index contributed by atoms with van der Waals surface area (Å²) in [5, 5.41) is 3.33. The predicted molar refractivity (Wildman–Crippen MR) is 91.4 cm³/mol. The summed E-state index contributed by atoms with van der Waals surface area (Å²) in [6, 6.07) is 7.86. The zero-order chi connectivity index (χ0) is 18.5. The van der Waals surface area contributed by atoms with Crippen LogP contribution in [-0.4, -0.2) is 22.5 Å². The molecule has 8 heteroatoms. The quantitative estimate of drug-likeness (QED) is 0.821. The molecule has 1 saturated heterocycles. The minimum Gasteiger partial charge on any atom is -0.323 e. The zero-order valence-electron chi connectivity index (χ0n) is 13.5. The molecule has 1 N–H and O–H groups in total. The Morgan fingerprint density at radius 1 is 1.23 bits per heavy atom. The summed E-state index contributed by atoms with van der Waals surface area (Å²) in [4.78, 5) is 29.8. The molecular weight excluding hydrogens is 364 g/mol. The predicted octanol–water partition coefficient (Wildman–Crippen LogP) is 4.05. The third-order valence-electron chi connectivity index (χ3n) is 4.95. The molecule has 1 aromatic heterocycles. The number of halogens is 3. The number of alkyl halides is 2. The van der Waals surface area contributed by atoms with Gasteiger partial charge < -0.3 is 5.32 Å². The van der Waals surface area contributed by atoms with E-state index in [4.69, 9.17) is 11.6 Å². The van der Waals surface area contributed by atoms with Crippen molar-refractivity contribution in [1.82, 2.24) is 10.3 Å². The van der Waals surface area contributed by atoms with Gasteiger partial charge in [-0.2, -0.15) is 0 Å². The Morgan fingerprint density at radius 3 is 2.65 bits per heavy atom. The summed E-state index contributed by atoms with van der Waals surface area (Å²) in [7, 11) is 0. The number of amides is 3. The van der Waals surface area contributed by atoms with Gasteiger partial charge >= 0.3 is 6.03 Å². The highest BCUT2D eigenvalue weighted by atomic mass is 35.5. The Labute approximate surface area is 153 Å². The zero-order valence-corrected chi connectivity index (χ0v) is 14.2. The Balaban J connectivity index is 1.58. The standard InChI is InChI=1S/C18H14ClF2N3O2/c19-14-4-2-1-3-13(14)11-6-18(7-11)16(25)24(17(26)23-18)12-5-10(15(20)21)8-22-9-12/h1-5,8-9,11,15H,6-7H2,(H,23,26). The first-order chi connectivity index (χ1) is 12.4. The Hall–Kier alpha value is -2.54. The van der Waals surface area contributed by atoms with Crippen molar-refractivity contribution in [3.8, 4) is 0 Å². The molecule has 1 aliphatic carbocycles.